The molecule has 166 valence electrons. The van der Waals surface area contributed by atoms with E-state index in [9.17, 15) is 4.79 Å². The molecule has 0 bridgehead atoms. The van der Waals surface area contributed by atoms with Crippen LogP contribution in [0.3, 0.4) is 0 Å². The van der Waals surface area contributed by atoms with Crippen molar-refractivity contribution >= 4 is 17.3 Å². The standard InChI is InChI=1S/C26H35N3O2/c1-18(2)11-12-27-26(30)23-15-20-7-10-22(31-4)16-24(20)29-14-13-28(17-25(23)29)21-8-5-19(3)6-9-21/h5-10,16,18,23,25H,11-15,17H2,1-4H3,(H,27,30)/t23-,25-/m1/s1. The molecule has 0 aromatic heterocycles. The van der Waals surface area contributed by atoms with E-state index in [1.807, 2.05) is 6.07 Å². The van der Waals surface area contributed by atoms with Gasteiger partial charge in [-0.15, -0.1) is 0 Å². The number of piperazine rings is 1. The molecule has 2 atom stereocenters. The van der Waals surface area contributed by atoms with Gasteiger partial charge in [0.15, 0.2) is 0 Å². The van der Waals surface area contributed by atoms with Crippen LogP contribution in [0.25, 0.3) is 0 Å². The highest BCUT2D eigenvalue weighted by Gasteiger charge is 2.41. The highest BCUT2D eigenvalue weighted by Crippen LogP contribution is 2.39. The van der Waals surface area contributed by atoms with Crippen molar-refractivity contribution in [1.29, 1.82) is 0 Å². The molecule has 4 rings (SSSR count). The molecule has 31 heavy (non-hydrogen) atoms. The second-order valence-electron chi connectivity index (χ2n) is 9.32. The number of nitrogens with zero attached hydrogens (tertiary/aromatic N) is 2. The molecule has 1 fully saturated rings. The molecule has 1 amide bonds. The fraction of sp³-hybridized carbons (Fsp3) is 0.500. The SMILES string of the molecule is COc1ccc2c(c1)N1CCN(c3ccc(C)cc3)C[C@@H]1[C@H](C(=O)NCCC(C)C)C2. The predicted molar refractivity (Wildman–Crippen MR) is 127 cm³/mol. The molecule has 0 radical (unpaired) electrons. The summed E-state index contributed by atoms with van der Waals surface area (Å²) in [6.45, 7) is 9.94. The minimum Gasteiger partial charge on any atom is -0.497 e. The average molecular weight is 422 g/mol. The average Bonchev–Trinajstić information content (AvgIpc) is 2.78. The van der Waals surface area contributed by atoms with Crippen molar-refractivity contribution in [2.45, 2.75) is 39.7 Å². The molecule has 0 aliphatic carbocycles. The van der Waals surface area contributed by atoms with E-state index < -0.39 is 0 Å². The third kappa shape index (κ3) is 4.65. The number of methoxy groups -OCH3 is 1. The number of fused-ring (bicyclic) bond motifs is 3. The number of rotatable bonds is 6. The van der Waals surface area contributed by atoms with E-state index in [2.05, 4.69) is 72.3 Å². The lowest BCUT2D eigenvalue weighted by molar-refractivity contribution is -0.125. The van der Waals surface area contributed by atoms with Gasteiger partial charge in [0.2, 0.25) is 5.91 Å². The number of carbonyl (C=O) groups excluding carboxylic acids is 1. The zero-order chi connectivity index (χ0) is 22.0. The summed E-state index contributed by atoms with van der Waals surface area (Å²) >= 11 is 0. The van der Waals surface area contributed by atoms with Gasteiger partial charge in [0, 0.05) is 43.6 Å². The molecule has 2 aromatic rings. The molecule has 2 heterocycles. The van der Waals surface area contributed by atoms with Crippen molar-refractivity contribution in [2.75, 3.05) is 43.1 Å². The Balaban J connectivity index is 1.60. The van der Waals surface area contributed by atoms with E-state index in [0.29, 0.717) is 5.92 Å². The Hall–Kier alpha value is -2.69. The lowest BCUT2D eigenvalue weighted by atomic mass is 9.83. The van der Waals surface area contributed by atoms with E-state index in [1.165, 1.54) is 22.5 Å². The monoisotopic (exact) mass is 421 g/mol. The van der Waals surface area contributed by atoms with Crippen molar-refractivity contribution in [3.63, 3.8) is 0 Å². The van der Waals surface area contributed by atoms with Crippen LogP contribution in [0.4, 0.5) is 11.4 Å². The Morgan fingerprint density at radius 1 is 1.16 bits per heavy atom. The van der Waals surface area contributed by atoms with E-state index in [0.717, 1.165) is 44.8 Å². The van der Waals surface area contributed by atoms with Crippen LogP contribution >= 0.6 is 0 Å². The smallest absolute Gasteiger partial charge is 0.225 e. The second kappa shape index (κ2) is 9.21. The van der Waals surface area contributed by atoms with E-state index in [1.54, 1.807) is 7.11 Å². The van der Waals surface area contributed by atoms with Gasteiger partial charge in [-0.25, -0.2) is 0 Å². The molecule has 2 aromatic carbocycles. The van der Waals surface area contributed by atoms with Gasteiger partial charge < -0.3 is 19.9 Å². The van der Waals surface area contributed by atoms with Gasteiger partial charge >= 0.3 is 0 Å². The summed E-state index contributed by atoms with van der Waals surface area (Å²) in [5, 5.41) is 3.22. The summed E-state index contributed by atoms with van der Waals surface area (Å²) in [7, 11) is 1.71. The van der Waals surface area contributed by atoms with Crippen LogP contribution in [0, 0.1) is 18.8 Å². The first-order valence-electron chi connectivity index (χ1n) is 11.5. The molecular weight excluding hydrogens is 386 g/mol. The van der Waals surface area contributed by atoms with Gasteiger partial charge in [-0.3, -0.25) is 4.79 Å². The van der Waals surface area contributed by atoms with Crippen LogP contribution in [-0.2, 0) is 11.2 Å². The Kier molecular flexibility index (Phi) is 6.40. The second-order valence-corrected chi connectivity index (χ2v) is 9.32. The minimum absolute atomic E-state index is 0.0543. The number of amides is 1. The minimum atomic E-state index is -0.0543. The third-order valence-electron chi connectivity index (χ3n) is 6.68. The summed E-state index contributed by atoms with van der Waals surface area (Å²) in [4.78, 5) is 18.1. The quantitative estimate of drug-likeness (QED) is 0.765. The summed E-state index contributed by atoms with van der Waals surface area (Å²) in [6.07, 6.45) is 1.78. The molecule has 5 nitrogen and oxygen atoms in total. The molecule has 2 aliphatic heterocycles. The zero-order valence-electron chi connectivity index (χ0n) is 19.2. The number of nitrogens with one attached hydrogen (secondary N) is 1. The first kappa shape index (κ1) is 21.5. The van der Waals surface area contributed by atoms with Crippen molar-refractivity contribution in [3.8, 4) is 5.75 Å². The number of carbonyl (C=O) groups is 1. The first-order valence-corrected chi connectivity index (χ1v) is 11.5. The lowest BCUT2D eigenvalue weighted by Gasteiger charge is -2.49. The van der Waals surface area contributed by atoms with Gasteiger partial charge in [0.1, 0.15) is 5.75 Å². The van der Waals surface area contributed by atoms with Gasteiger partial charge in [0.25, 0.3) is 0 Å². The predicted octanol–water partition coefficient (Wildman–Crippen LogP) is 4.03. The zero-order valence-corrected chi connectivity index (χ0v) is 19.2. The van der Waals surface area contributed by atoms with Crippen LogP contribution in [0.5, 0.6) is 5.75 Å². The van der Waals surface area contributed by atoms with Gasteiger partial charge in [-0.2, -0.15) is 0 Å². The Morgan fingerprint density at radius 2 is 1.94 bits per heavy atom. The Bertz CT molecular complexity index is 909. The number of ether oxygens (including phenoxy) is 1. The Morgan fingerprint density at radius 3 is 2.65 bits per heavy atom. The molecule has 2 aliphatic rings. The molecule has 1 N–H and O–H groups in total. The number of aryl methyl sites for hydroxylation is 1. The third-order valence-corrected chi connectivity index (χ3v) is 6.68. The van der Waals surface area contributed by atoms with Crippen LogP contribution < -0.4 is 19.9 Å². The van der Waals surface area contributed by atoms with Crippen LogP contribution in [0.1, 0.15) is 31.4 Å². The maximum absolute atomic E-state index is 13.3. The number of anilines is 2. The maximum Gasteiger partial charge on any atom is 0.225 e. The van der Waals surface area contributed by atoms with Crippen molar-refractivity contribution < 1.29 is 9.53 Å². The van der Waals surface area contributed by atoms with Crippen LogP contribution in [0.2, 0.25) is 0 Å². The molecular formula is C26H35N3O2. The van der Waals surface area contributed by atoms with Gasteiger partial charge in [-0.1, -0.05) is 37.6 Å². The fourth-order valence-corrected chi connectivity index (χ4v) is 4.81. The molecule has 1 saturated heterocycles. The number of hydrogen-bond acceptors (Lipinski definition) is 4. The van der Waals surface area contributed by atoms with Crippen LogP contribution in [0.15, 0.2) is 42.5 Å². The molecule has 5 heteroatoms. The summed E-state index contributed by atoms with van der Waals surface area (Å²) in [6, 6.07) is 15.1. The summed E-state index contributed by atoms with van der Waals surface area (Å²) in [5.41, 5.74) is 4.97. The van der Waals surface area contributed by atoms with Crippen molar-refractivity contribution in [3.05, 3.63) is 53.6 Å². The maximum atomic E-state index is 13.3. The summed E-state index contributed by atoms with van der Waals surface area (Å²) in [5.74, 6) is 1.59. The summed E-state index contributed by atoms with van der Waals surface area (Å²) < 4.78 is 5.50. The highest BCUT2D eigenvalue weighted by molar-refractivity contribution is 5.82. The normalized spacial score (nSPS) is 20.3. The lowest BCUT2D eigenvalue weighted by Crippen LogP contribution is -2.61. The topological polar surface area (TPSA) is 44.8 Å². The first-order chi connectivity index (χ1) is 15.0. The molecule has 0 unspecified atom stereocenters. The largest absolute Gasteiger partial charge is 0.497 e. The van der Waals surface area contributed by atoms with E-state index in [4.69, 9.17) is 4.74 Å². The van der Waals surface area contributed by atoms with Crippen LogP contribution in [-0.4, -0.2) is 45.2 Å². The highest BCUT2D eigenvalue weighted by atomic mass is 16.5. The number of benzene rings is 2. The van der Waals surface area contributed by atoms with Gasteiger partial charge in [0.05, 0.1) is 19.1 Å². The Labute approximate surface area is 186 Å². The van der Waals surface area contributed by atoms with Crippen molar-refractivity contribution in [2.24, 2.45) is 11.8 Å². The van der Waals surface area contributed by atoms with E-state index in [-0.39, 0.29) is 17.9 Å². The number of hydrogen-bond donors (Lipinski definition) is 1. The van der Waals surface area contributed by atoms with Gasteiger partial charge in [-0.05, 0) is 49.4 Å². The van der Waals surface area contributed by atoms with E-state index >= 15 is 0 Å². The molecule has 0 saturated carbocycles. The fourth-order valence-electron chi connectivity index (χ4n) is 4.81. The molecule has 0 spiro atoms. The van der Waals surface area contributed by atoms with Crippen molar-refractivity contribution in [1.82, 2.24) is 5.32 Å².